The lowest BCUT2D eigenvalue weighted by Gasteiger charge is -2.38. The smallest absolute Gasteiger partial charge is 0.228 e. The Morgan fingerprint density at radius 3 is 3.07 bits per heavy atom. The molecule has 2 aliphatic rings. The second-order valence-corrected chi connectivity index (χ2v) is 8.33. The molecule has 2 aliphatic heterocycles. The standard InChI is InChI=1S/C19H26N4O3S.ClH/c1-22-11-13(8-21-22)15-9-20-10-16(15)19(25)23-4-5-26-12-14(23)7-17(24)18-3-2-6-27-18;/h2-3,6,8,11,14-17,20,24H,4-5,7,9-10,12H2,1H3;1H/t14?,15-,16+,17?;/m1./s1. The molecule has 4 atom stereocenters. The summed E-state index contributed by atoms with van der Waals surface area (Å²) in [5.41, 5.74) is 1.10. The maximum Gasteiger partial charge on any atom is 0.228 e. The van der Waals surface area contributed by atoms with Crippen molar-refractivity contribution < 1.29 is 14.6 Å². The Labute approximate surface area is 175 Å². The zero-order chi connectivity index (χ0) is 18.8. The average molecular weight is 427 g/mol. The minimum atomic E-state index is -0.567. The van der Waals surface area contributed by atoms with Crippen LogP contribution in [-0.2, 0) is 16.6 Å². The highest BCUT2D eigenvalue weighted by molar-refractivity contribution is 7.10. The van der Waals surface area contributed by atoms with Gasteiger partial charge in [-0.2, -0.15) is 5.10 Å². The van der Waals surface area contributed by atoms with Gasteiger partial charge in [0.1, 0.15) is 0 Å². The number of hydrogen-bond donors (Lipinski definition) is 2. The molecule has 0 saturated carbocycles. The number of nitrogens with one attached hydrogen (secondary N) is 1. The van der Waals surface area contributed by atoms with Crippen molar-refractivity contribution in [1.82, 2.24) is 20.0 Å². The van der Waals surface area contributed by atoms with Gasteiger partial charge in [-0.3, -0.25) is 9.48 Å². The van der Waals surface area contributed by atoms with Crippen LogP contribution in [0.4, 0.5) is 0 Å². The molecule has 2 N–H and O–H groups in total. The number of carbonyl (C=O) groups is 1. The first-order valence-electron chi connectivity index (χ1n) is 9.42. The summed E-state index contributed by atoms with van der Waals surface area (Å²) >= 11 is 1.54. The molecule has 0 aliphatic carbocycles. The fourth-order valence-electron chi connectivity index (χ4n) is 4.13. The largest absolute Gasteiger partial charge is 0.387 e. The van der Waals surface area contributed by atoms with Crippen molar-refractivity contribution in [2.24, 2.45) is 13.0 Å². The number of thiophene rings is 1. The number of nitrogens with zero attached hydrogens (tertiary/aromatic N) is 3. The number of aliphatic hydroxyl groups excluding tert-OH is 1. The first kappa shape index (κ1) is 21.3. The van der Waals surface area contributed by atoms with E-state index >= 15 is 0 Å². The van der Waals surface area contributed by atoms with E-state index in [1.54, 1.807) is 16.0 Å². The second-order valence-electron chi connectivity index (χ2n) is 7.35. The van der Waals surface area contributed by atoms with Crippen LogP contribution in [0.1, 0.15) is 28.9 Å². The third-order valence-corrected chi connectivity index (χ3v) is 6.54. The van der Waals surface area contributed by atoms with Gasteiger partial charge < -0.3 is 20.1 Å². The van der Waals surface area contributed by atoms with Gasteiger partial charge in [-0.05, 0) is 17.0 Å². The molecule has 28 heavy (non-hydrogen) atoms. The van der Waals surface area contributed by atoms with Crippen molar-refractivity contribution in [3.63, 3.8) is 0 Å². The Hall–Kier alpha value is -1.45. The fraction of sp³-hybridized carbons (Fsp3) is 0.579. The van der Waals surface area contributed by atoms with E-state index in [4.69, 9.17) is 4.74 Å². The van der Waals surface area contributed by atoms with E-state index in [-0.39, 0.29) is 36.2 Å². The van der Waals surface area contributed by atoms with Gasteiger partial charge >= 0.3 is 0 Å². The predicted octanol–water partition coefficient (Wildman–Crippen LogP) is 1.56. The lowest BCUT2D eigenvalue weighted by Crippen LogP contribution is -2.52. The molecular formula is C19H27ClN4O3S. The molecule has 4 heterocycles. The third-order valence-electron chi connectivity index (χ3n) is 5.56. The van der Waals surface area contributed by atoms with Gasteiger partial charge in [-0.15, -0.1) is 23.7 Å². The Bertz CT molecular complexity index is 769. The molecule has 2 aromatic rings. The van der Waals surface area contributed by atoms with Crippen LogP contribution in [0.15, 0.2) is 29.9 Å². The molecule has 154 valence electrons. The monoisotopic (exact) mass is 426 g/mol. The van der Waals surface area contributed by atoms with Crippen LogP contribution in [0.2, 0.25) is 0 Å². The van der Waals surface area contributed by atoms with E-state index in [1.165, 1.54) is 0 Å². The van der Waals surface area contributed by atoms with Gasteiger partial charge in [0.2, 0.25) is 5.91 Å². The van der Waals surface area contributed by atoms with Crippen LogP contribution < -0.4 is 5.32 Å². The predicted molar refractivity (Wildman–Crippen MR) is 110 cm³/mol. The van der Waals surface area contributed by atoms with Crippen LogP contribution in [0, 0.1) is 5.92 Å². The van der Waals surface area contributed by atoms with Crippen LogP contribution in [-0.4, -0.2) is 64.6 Å². The number of amides is 1. The molecule has 0 bridgehead atoms. The Morgan fingerprint density at radius 2 is 2.36 bits per heavy atom. The molecule has 0 spiro atoms. The van der Waals surface area contributed by atoms with Gasteiger partial charge in [0.25, 0.3) is 0 Å². The highest BCUT2D eigenvalue weighted by Crippen LogP contribution is 2.32. The highest BCUT2D eigenvalue weighted by atomic mass is 35.5. The molecule has 1 amide bonds. The molecule has 9 heteroatoms. The Balaban J connectivity index is 0.00000225. The maximum absolute atomic E-state index is 13.4. The molecule has 4 rings (SSSR count). The normalized spacial score (nSPS) is 26.1. The minimum Gasteiger partial charge on any atom is -0.387 e. The molecule has 2 aromatic heterocycles. The Kier molecular flexibility index (Phi) is 7.11. The SMILES string of the molecule is Cl.Cn1cc([C@H]2CNC[C@@H]2C(=O)N2CCOCC2CC(O)c2cccs2)cn1. The van der Waals surface area contributed by atoms with Gasteiger partial charge in [0.05, 0.1) is 37.5 Å². The van der Waals surface area contributed by atoms with E-state index in [0.717, 1.165) is 17.0 Å². The van der Waals surface area contributed by atoms with Crippen molar-refractivity contribution in [2.75, 3.05) is 32.8 Å². The first-order valence-corrected chi connectivity index (χ1v) is 10.3. The molecule has 0 radical (unpaired) electrons. The molecule has 0 aromatic carbocycles. The van der Waals surface area contributed by atoms with Gasteiger partial charge in [-0.25, -0.2) is 0 Å². The van der Waals surface area contributed by atoms with Gasteiger partial charge in [0.15, 0.2) is 0 Å². The van der Waals surface area contributed by atoms with Crippen molar-refractivity contribution in [3.05, 3.63) is 40.3 Å². The maximum atomic E-state index is 13.4. The van der Waals surface area contributed by atoms with E-state index in [9.17, 15) is 9.90 Å². The number of aryl methyl sites for hydroxylation is 1. The minimum absolute atomic E-state index is 0. The van der Waals surface area contributed by atoms with Crippen molar-refractivity contribution in [3.8, 4) is 0 Å². The number of aliphatic hydroxyl groups is 1. The average Bonchev–Trinajstić information content (AvgIpc) is 3.42. The summed E-state index contributed by atoms with van der Waals surface area (Å²) in [5.74, 6) is 0.186. The Morgan fingerprint density at radius 1 is 1.50 bits per heavy atom. The lowest BCUT2D eigenvalue weighted by atomic mass is 9.89. The molecular weight excluding hydrogens is 400 g/mol. The fourth-order valence-corrected chi connectivity index (χ4v) is 4.85. The molecule has 7 nitrogen and oxygen atoms in total. The summed E-state index contributed by atoms with van der Waals surface area (Å²) in [6.07, 6.45) is 3.79. The number of ether oxygens (including phenoxy) is 1. The molecule has 2 fully saturated rings. The summed E-state index contributed by atoms with van der Waals surface area (Å²) < 4.78 is 7.41. The van der Waals surface area contributed by atoms with Gasteiger partial charge in [0, 0.05) is 50.1 Å². The molecule has 2 saturated heterocycles. The van der Waals surface area contributed by atoms with Gasteiger partial charge in [-0.1, -0.05) is 6.07 Å². The van der Waals surface area contributed by atoms with E-state index in [1.807, 2.05) is 41.9 Å². The van der Waals surface area contributed by atoms with E-state index < -0.39 is 6.10 Å². The van der Waals surface area contributed by atoms with Crippen molar-refractivity contribution in [1.29, 1.82) is 0 Å². The lowest BCUT2D eigenvalue weighted by molar-refractivity contribution is -0.145. The van der Waals surface area contributed by atoms with Crippen LogP contribution in [0.3, 0.4) is 0 Å². The summed E-state index contributed by atoms with van der Waals surface area (Å²) in [4.78, 5) is 16.3. The number of morpholine rings is 1. The number of halogens is 1. The third kappa shape index (κ3) is 4.41. The zero-order valence-corrected chi connectivity index (χ0v) is 17.5. The van der Waals surface area contributed by atoms with Crippen molar-refractivity contribution in [2.45, 2.75) is 24.5 Å². The van der Waals surface area contributed by atoms with E-state index in [0.29, 0.717) is 32.7 Å². The number of carbonyl (C=O) groups excluding carboxylic acids is 1. The quantitative estimate of drug-likeness (QED) is 0.758. The summed E-state index contributed by atoms with van der Waals surface area (Å²) in [6, 6.07) is 3.77. The zero-order valence-electron chi connectivity index (χ0n) is 15.9. The van der Waals surface area contributed by atoms with Crippen LogP contribution in [0.5, 0.6) is 0 Å². The van der Waals surface area contributed by atoms with E-state index in [2.05, 4.69) is 10.4 Å². The summed E-state index contributed by atoms with van der Waals surface area (Å²) in [5, 5.41) is 20.1. The number of rotatable bonds is 5. The number of hydrogen-bond acceptors (Lipinski definition) is 6. The first-order chi connectivity index (χ1) is 13.1. The summed E-state index contributed by atoms with van der Waals surface area (Å²) in [6.45, 7) is 3.07. The van der Waals surface area contributed by atoms with Crippen molar-refractivity contribution >= 4 is 29.7 Å². The topological polar surface area (TPSA) is 79.6 Å². The summed E-state index contributed by atoms with van der Waals surface area (Å²) in [7, 11) is 1.90. The van der Waals surface area contributed by atoms with Crippen LogP contribution >= 0.6 is 23.7 Å². The number of aromatic nitrogens is 2. The second kappa shape index (κ2) is 9.37. The molecule has 2 unspecified atom stereocenters. The van der Waals surface area contributed by atoms with Crippen LogP contribution in [0.25, 0.3) is 0 Å². The highest BCUT2D eigenvalue weighted by Gasteiger charge is 2.40.